The summed E-state index contributed by atoms with van der Waals surface area (Å²) in [5, 5.41) is 0. The predicted octanol–water partition coefficient (Wildman–Crippen LogP) is 3.49. The summed E-state index contributed by atoms with van der Waals surface area (Å²) < 4.78 is 6.12. The number of hydrogen-bond acceptors (Lipinski definition) is 2. The van der Waals surface area contributed by atoms with E-state index in [0.29, 0.717) is 6.54 Å². The summed E-state index contributed by atoms with van der Waals surface area (Å²) in [6.07, 6.45) is 0.853. The van der Waals surface area contributed by atoms with E-state index in [4.69, 9.17) is 10.5 Å². The summed E-state index contributed by atoms with van der Waals surface area (Å²) in [5.41, 5.74) is 6.73. The van der Waals surface area contributed by atoms with E-state index in [1.54, 1.807) is 0 Å². The minimum absolute atomic E-state index is 0.0926. The van der Waals surface area contributed by atoms with Crippen LogP contribution in [0.3, 0.4) is 0 Å². The highest BCUT2D eigenvalue weighted by Crippen LogP contribution is 2.33. The number of rotatable bonds is 4. The van der Waals surface area contributed by atoms with Crippen molar-refractivity contribution in [3.63, 3.8) is 0 Å². The molecule has 0 radical (unpaired) electrons. The molecule has 0 aliphatic heterocycles. The summed E-state index contributed by atoms with van der Waals surface area (Å²) in [4.78, 5) is 0. The first kappa shape index (κ1) is 14.0. The topological polar surface area (TPSA) is 35.2 Å². The molecule has 1 rings (SSSR count). The van der Waals surface area contributed by atoms with Crippen molar-refractivity contribution in [3.8, 4) is 5.75 Å². The Labute approximate surface area is 105 Å². The van der Waals surface area contributed by atoms with E-state index in [1.165, 1.54) is 5.56 Å². The maximum atomic E-state index is 6.12. The number of para-hydroxylation sites is 1. The first-order chi connectivity index (χ1) is 7.76. The summed E-state index contributed by atoms with van der Waals surface area (Å²) in [6.45, 7) is 11.4. The summed E-state index contributed by atoms with van der Waals surface area (Å²) in [5.74, 6) is 0.971. The Morgan fingerprint density at radius 1 is 1.06 bits per heavy atom. The fourth-order valence-electron chi connectivity index (χ4n) is 1.87. The number of nitrogens with two attached hydrogens (primary N) is 1. The van der Waals surface area contributed by atoms with Crippen LogP contribution in [0.2, 0.25) is 0 Å². The third-order valence-corrected chi connectivity index (χ3v) is 2.83. The van der Waals surface area contributed by atoms with Crippen molar-refractivity contribution in [1.29, 1.82) is 0 Å². The van der Waals surface area contributed by atoms with Gasteiger partial charge in [0, 0.05) is 0 Å². The van der Waals surface area contributed by atoms with Crippen molar-refractivity contribution < 1.29 is 4.74 Å². The van der Waals surface area contributed by atoms with Crippen molar-refractivity contribution in [2.24, 2.45) is 5.73 Å². The zero-order chi connectivity index (χ0) is 13.1. The molecule has 0 saturated heterocycles. The molecule has 0 unspecified atom stereocenters. The molecule has 96 valence electrons. The van der Waals surface area contributed by atoms with E-state index in [-0.39, 0.29) is 11.0 Å². The molecular weight excluding hydrogens is 210 g/mol. The average Bonchev–Trinajstić information content (AvgIpc) is 2.15. The molecule has 0 spiro atoms. The van der Waals surface area contributed by atoms with Crippen LogP contribution in [0, 0.1) is 0 Å². The highest BCUT2D eigenvalue weighted by atomic mass is 16.5. The molecule has 0 saturated carbocycles. The van der Waals surface area contributed by atoms with E-state index in [2.05, 4.69) is 46.8 Å². The standard InChI is InChI=1S/C15H25NO/c1-14(2,3)12-8-6-7-9-13(12)17-15(4,5)10-11-16/h6-9H,10-11,16H2,1-5H3. The molecule has 0 fully saturated rings. The van der Waals surface area contributed by atoms with Crippen LogP contribution >= 0.6 is 0 Å². The summed E-state index contributed by atoms with van der Waals surface area (Å²) in [7, 11) is 0. The van der Waals surface area contributed by atoms with Crippen molar-refractivity contribution in [1.82, 2.24) is 0 Å². The van der Waals surface area contributed by atoms with Crippen LogP contribution in [0.1, 0.15) is 46.6 Å². The minimum atomic E-state index is -0.212. The second kappa shape index (κ2) is 5.09. The van der Waals surface area contributed by atoms with Gasteiger partial charge in [-0.05, 0) is 43.9 Å². The minimum Gasteiger partial charge on any atom is -0.488 e. The molecule has 17 heavy (non-hydrogen) atoms. The summed E-state index contributed by atoms with van der Waals surface area (Å²) >= 11 is 0. The number of hydrogen-bond donors (Lipinski definition) is 1. The third-order valence-electron chi connectivity index (χ3n) is 2.83. The van der Waals surface area contributed by atoms with Gasteiger partial charge in [-0.25, -0.2) is 0 Å². The second-order valence-electron chi connectivity index (χ2n) is 6.15. The molecule has 0 aliphatic rings. The quantitative estimate of drug-likeness (QED) is 0.867. The Balaban J connectivity index is 2.99. The first-order valence-corrected chi connectivity index (χ1v) is 6.25. The molecule has 2 N–H and O–H groups in total. The normalized spacial score (nSPS) is 12.6. The maximum absolute atomic E-state index is 6.12. The van der Waals surface area contributed by atoms with Gasteiger partial charge in [-0.3, -0.25) is 0 Å². The van der Waals surface area contributed by atoms with Gasteiger partial charge in [0.25, 0.3) is 0 Å². The molecule has 2 nitrogen and oxygen atoms in total. The van der Waals surface area contributed by atoms with Crippen LogP contribution in [0.25, 0.3) is 0 Å². The van der Waals surface area contributed by atoms with Gasteiger partial charge in [0.2, 0.25) is 0 Å². The van der Waals surface area contributed by atoms with Crippen LogP contribution in [-0.2, 0) is 5.41 Å². The molecule has 0 heterocycles. The number of benzene rings is 1. The Hall–Kier alpha value is -1.02. The predicted molar refractivity (Wildman–Crippen MR) is 73.5 cm³/mol. The molecule has 1 aromatic carbocycles. The third kappa shape index (κ3) is 4.04. The molecule has 0 aromatic heterocycles. The monoisotopic (exact) mass is 235 g/mol. The van der Waals surface area contributed by atoms with Crippen molar-refractivity contribution in [3.05, 3.63) is 29.8 Å². The highest BCUT2D eigenvalue weighted by Gasteiger charge is 2.24. The molecule has 0 amide bonds. The highest BCUT2D eigenvalue weighted by molar-refractivity contribution is 5.38. The average molecular weight is 235 g/mol. The fraction of sp³-hybridized carbons (Fsp3) is 0.600. The first-order valence-electron chi connectivity index (χ1n) is 6.25. The van der Waals surface area contributed by atoms with Crippen LogP contribution < -0.4 is 10.5 Å². The molecule has 0 atom stereocenters. The van der Waals surface area contributed by atoms with Crippen LogP contribution in [0.15, 0.2) is 24.3 Å². The van der Waals surface area contributed by atoms with E-state index in [0.717, 1.165) is 12.2 Å². The Kier molecular flexibility index (Phi) is 4.21. The lowest BCUT2D eigenvalue weighted by Gasteiger charge is -2.30. The Morgan fingerprint density at radius 3 is 2.18 bits per heavy atom. The van der Waals surface area contributed by atoms with E-state index >= 15 is 0 Å². The van der Waals surface area contributed by atoms with Gasteiger partial charge in [-0.15, -0.1) is 0 Å². The van der Waals surface area contributed by atoms with Gasteiger partial charge in [-0.1, -0.05) is 39.0 Å². The molecular formula is C15H25NO. The molecule has 1 aromatic rings. The lowest BCUT2D eigenvalue weighted by atomic mass is 9.86. The largest absolute Gasteiger partial charge is 0.488 e. The maximum Gasteiger partial charge on any atom is 0.123 e. The van der Waals surface area contributed by atoms with E-state index < -0.39 is 0 Å². The lowest BCUT2D eigenvalue weighted by molar-refractivity contribution is 0.0996. The number of ether oxygens (including phenoxy) is 1. The van der Waals surface area contributed by atoms with Gasteiger partial charge in [0.1, 0.15) is 11.4 Å². The van der Waals surface area contributed by atoms with Crippen LogP contribution in [0.4, 0.5) is 0 Å². The van der Waals surface area contributed by atoms with Crippen LogP contribution in [0.5, 0.6) is 5.75 Å². The van der Waals surface area contributed by atoms with Gasteiger partial charge in [-0.2, -0.15) is 0 Å². The second-order valence-corrected chi connectivity index (χ2v) is 6.15. The van der Waals surface area contributed by atoms with Gasteiger partial charge >= 0.3 is 0 Å². The van der Waals surface area contributed by atoms with E-state index in [1.807, 2.05) is 12.1 Å². The van der Waals surface area contributed by atoms with Crippen molar-refractivity contribution >= 4 is 0 Å². The van der Waals surface area contributed by atoms with E-state index in [9.17, 15) is 0 Å². The lowest BCUT2D eigenvalue weighted by Crippen LogP contribution is -2.32. The smallest absolute Gasteiger partial charge is 0.123 e. The molecule has 2 heteroatoms. The Morgan fingerprint density at radius 2 is 1.65 bits per heavy atom. The van der Waals surface area contributed by atoms with Crippen LogP contribution in [-0.4, -0.2) is 12.1 Å². The van der Waals surface area contributed by atoms with Crippen molar-refractivity contribution in [2.45, 2.75) is 52.1 Å². The summed E-state index contributed by atoms with van der Waals surface area (Å²) in [6, 6.07) is 8.25. The van der Waals surface area contributed by atoms with Gasteiger partial charge in [0.05, 0.1) is 0 Å². The Bertz CT molecular complexity index is 363. The zero-order valence-electron chi connectivity index (χ0n) is 11.7. The van der Waals surface area contributed by atoms with Gasteiger partial charge < -0.3 is 10.5 Å². The van der Waals surface area contributed by atoms with Crippen molar-refractivity contribution in [2.75, 3.05) is 6.54 Å². The van der Waals surface area contributed by atoms with Gasteiger partial charge in [0.15, 0.2) is 0 Å². The fourth-order valence-corrected chi connectivity index (χ4v) is 1.87. The molecule has 0 aliphatic carbocycles. The zero-order valence-corrected chi connectivity index (χ0v) is 11.7. The SMILES string of the molecule is CC(C)(CCN)Oc1ccccc1C(C)(C)C. The molecule has 0 bridgehead atoms.